The smallest absolute Gasteiger partial charge is 0.312 e. The average molecular weight is 1110 g/mol. The monoisotopic (exact) mass is 1110 g/mol. The fourth-order valence-electron chi connectivity index (χ4n) is 13.0. The zero-order valence-corrected chi connectivity index (χ0v) is 51.9. The van der Waals surface area contributed by atoms with E-state index >= 15 is 19.2 Å². The van der Waals surface area contributed by atoms with Crippen molar-refractivity contribution in [3.63, 3.8) is 0 Å². The summed E-state index contributed by atoms with van der Waals surface area (Å²) in [6.07, 6.45) is 17.2. The molecule has 0 saturated carbocycles. The average Bonchev–Trinajstić information content (AvgIpc) is 3.67. The number of esters is 4. The van der Waals surface area contributed by atoms with Crippen LogP contribution in [0.15, 0.2) is 121 Å². The molecule has 448 valence electrons. The summed E-state index contributed by atoms with van der Waals surface area (Å²) in [5, 5.41) is 0. The van der Waals surface area contributed by atoms with Gasteiger partial charge < -0.3 is 18.9 Å². The molecule has 0 radical (unpaired) electrons. The van der Waals surface area contributed by atoms with E-state index in [1.54, 1.807) is 0 Å². The largest absolute Gasteiger partial charge is 0.465 e. The number of hydrogen-bond donors (Lipinski definition) is 0. The number of hydrogen-bond acceptors (Lipinski definition) is 8. The maximum Gasteiger partial charge on any atom is 0.312 e. The summed E-state index contributed by atoms with van der Waals surface area (Å²) in [4.78, 5) is 65.0. The van der Waals surface area contributed by atoms with Crippen LogP contribution >= 0.6 is 0 Å². The normalized spacial score (nSPS) is 15.2. The molecule has 0 aliphatic rings. The Balaban J connectivity index is 2.44. The van der Waals surface area contributed by atoms with Crippen LogP contribution in [0.25, 0.3) is 0 Å². The van der Waals surface area contributed by atoms with Crippen LogP contribution in [-0.4, -0.2) is 50.3 Å². The zero-order valence-electron chi connectivity index (χ0n) is 51.9. The van der Waals surface area contributed by atoms with Crippen LogP contribution in [0.2, 0.25) is 0 Å². The molecule has 4 aromatic carbocycles. The quantitative estimate of drug-likeness (QED) is 0.0245. The topological polar surface area (TPSA) is 105 Å². The first-order valence-corrected chi connectivity index (χ1v) is 32.2. The fraction of sp³-hybridized carbons (Fsp3) is 0.616. The third-order valence-electron chi connectivity index (χ3n) is 17.1. The van der Waals surface area contributed by atoms with Gasteiger partial charge in [-0.3, -0.25) is 19.2 Å². The molecule has 0 bridgehead atoms. The van der Waals surface area contributed by atoms with Crippen molar-refractivity contribution in [1.29, 1.82) is 0 Å². The van der Waals surface area contributed by atoms with Crippen molar-refractivity contribution in [2.75, 3.05) is 26.4 Å². The molecular formula is C73H108O8. The first kappa shape index (κ1) is 68.3. The highest BCUT2D eigenvalue weighted by molar-refractivity contribution is 5.81. The van der Waals surface area contributed by atoms with E-state index in [1.165, 1.54) is 0 Å². The van der Waals surface area contributed by atoms with E-state index in [4.69, 9.17) is 18.9 Å². The molecule has 0 aliphatic heterocycles. The lowest BCUT2D eigenvalue weighted by atomic mass is 9.50. The standard InChI is InChI=1S/C73H108O8/c1-9-17-45-70(65(74)78-49-21-13-5,53-61-37-29-25-30-38-61)57-69(58-71(46-18-10-2,66(75)79-50-22-14-6)54-62-39-31-26-32-40-62,59-72(47-19-11-3,67(76)80-51-23-15-7)55-63-41-33-27-34-42-63)60-73(48-20-12-4,68(77)81-52-24-16-8)56-64-43-35-28-36-44-64/h25-44H,9-24,45-60H2,1-8H3. The Kier molecular flexibility index (Phi) is 31.2. The van der Waals surface area contributed by atoms with Crippen molar-refractivity contribution in [2.24, 2.45) is 27.1 Å². The van der Waals surface area contributed by atoms with Gasteiger partial charge in [0.1, 0.15) is 0 Å². The van der Waals surface area contributed by atoms with Gasteiger partial charge in [0.05, 0.1) is 48.1 Å². The molecule has 0 amide bonds. The van der Waals surface area contributed by atoms with E-state index in [2.05, 4.69) is 104 Å². The Bertz CT molecular complexity index is 2000. The Morgan fingerprint density at radius 3 is 0.642 bits per heavy atom. The summed E-state index contributed by atoms with van der Waals surface area (Å²) in [6, 6.07) is 41.3. The highest BCUT2D eigenvalue weighted by Crippen LogP contribution is 2.61. The lowest BCUT2D eigenvalue weighted by Gasteiger charge is -2.53. The van der Waals surface area contributed by atoms with E-state index in [9.17, 15) is 0 Å². The summed E-state index contributed by atoms with van der Waals surface area (Å²) >= 11 is 0. The van der Waals surface area contributed by atoms with Crippen LogP contribution in [0.3, 0.4) is 0 Å². The van der Waals surface area contributed by atoms with E-state index in [0.717, 1.165) is 99.3 Å². The molecule has 0 aliphatic carbocycles. The van der Waals surface area contributed by atoms with Crippen LogP contribution in [-0.2, 0) is 63.8 Å². The first-order valence-electron chi connectivity index (χ1n) is 32.2. The van der Waals surface area contributed by atoms with Crippen LogP contribution in [0.4, 0.5) is 0 Å². The van der Waals surface area contributed by atoms with Crippen molar-refractivity contribution in [3.05, 3.63) is 144 Å². The van der Waals surface area contributed by atoms with E-state index in [1.807, 2.05) is 72.8 Å². The highest BCUT2D eigenvalue weighted by atomic mass is 16.5. The van der Waals surface area contributed by atoms with Gasteiger partial charge in [-0.25, -0.2) is 0 Å². The van der Waals surface area contributed by atoms with Crippen LogP contribution in [0.1, 0.15) is 232 Å². The molecule has 0 heterocycles. The van der Waals surface area contributed by atoms with Gasteiger partial charge in [-0.1, -0.05) is 254 Å². The summed E-state index contributed by atoms with van der Waals surface area (Å²) in [5.41, 5.74) is -1.75. The Hall–Kier alpha value is -5.24. The van der Waals surface area contributed by atoms with Gasteiger partial charge in [-0.2, -0.15) is 0 Å². The molecule has 0 aromatic heterocycles. The van der Waals surface area contributed by atoms with Crippen LogP contribution in [0.5, 0.6) is 0 Å². The maximum atomic E-state index is 16.2. The van der Waals surface area contributed by atoms with E-state index in [-0.39, 0.29) is 76.0 Å². The molecule has 8 nitrogen and oxygen atoms in total. The van der Waals surface area contributed by atoms with E-state index in [0.29, 0.717) is 77.0 Å². The van der Waals surface area contributed by atoms with Crippen molar-refractivity contribution >= 4 is 23.9 Å². The van der Waals surface area contributed by atoms with Crippen molar-refractivity contribution in [3.8, 4) is 0 Å². The predicted octanol–water partition coefficient (Wildman–Crippen LogP) is 18.6. The molecule has 0 fully saturated rings. The predicted molar refractivity (Wildman–Crippen MR) is 333 cm³/mol. The number of benzene rings is 4. The van der Waals surface area contributed by atoms with Gasteiger partial charge in [-0.05, 0) is 130 Å². The van der Waals surface area contributed by atoms with Gasteiger partial charge in [0.2, 0.25) is 0 Å². The second-order valence-corrected chi connectivity index (χ2v) is 24.4. The SMILES string of the molecule is CCCCOC(=O)C(CCCC)(Cc1ccccc1)CC(CC(CCCC)(Cc1ccccc1)C(=O)OCCCC)(CC(CCCC)(Cc1ccccc1)C(=O)OCCCC)CC(CCCC)(Cc1ccccc1)C(=O)OCCCC. The summed E-state index contributed by atoms with van der Waals surface area (Å²) in [7, 11) is 0. The molecule has 81 heavy (non-hydrogen) atoms. The van der Waals surface area contributed by atoms with Crippen LogP contribution in [0, 0.1) is 27.1 Å². The van der Waals surface area contributed by atoms with Gasteiger partial charge in [0, 0.05) is 0 Å². The zero-order chi connectivity index (χ0) is 58.7. The van der Waals surface area contributed by atoms with E-state index < -0.39 is 27.1 Å². The number of carbonyl (C=O) groups is 4. The second kappa shape index (κ2) is 37.1. The lowest BCUT2D eigenvalue weighted by molar-refractivity contribution is -0.173. The van der Waals surface area contributed by atoms with Crippen molar-refractivity contribution in [1.82, 2.24) is 0 Å². The molecule has 4 atom stereocenters. The molecule has 4 unspecified atom stereocenters. The Labute approximate surface area is 492 Å². The molecule has 0 N–H and O–H groups in total. The van der Waals surface area contributed by atoms with Crippen molar-refractivity contribution < 1.29 is 38.1 Å². The number of unbranched alkanes of at least 4 members (excludes halogenated alkanes) is 8. The fourth-order valence-corrected chi connectivity index (χ4v) is 13.0. The third-order valence-corrected chi connectivity index (χ3v) is 17.1. The van der Waals surface area contributed by atoms with Gasteiger partial charge >= 0.3 is 23.9 Å². The van der Waals surface area contributed by atoms with Gasteiger partial charge in [0.25, 0.3) is 0 Å². The summed E-state index contributed by atoms with van der Waals surface area (Å²) in [6.45, 7) is 18.3. The Morgan fingerprint density at radius 1 is 0.284 bits per heavy atom. The maximum absolute atomic E-state index is 16.2. The minimum absolute atomic E-state index is 0.251. The van der Waals surface area contributed by atoms with Gasteiger partial charge in [0.15, 0.2) is 0 Å². The number of ether oxygens (including phenoxy) is 4. The first-order chi connectivity index (χ1) is 39.3. The molecule has 4 rings (SSSR count). The molecular weight excluding hydrogens is 1000 g/mol. The lowest BCUT2D eigenvalue weighted by Crippen LogP contribution is -2.53. The minimum Gasteiger partial charge on any atom is -0.465 e. The van der Waals surface area contributed by atoms with Gasteiger partial charge in [-0.15, -0.1) is 0 Å². The second-order valence-electron chi connectivity index (χ2n) is 24.4. The number of rotatable bonds is 44. The van der Waals surface area contributed by atoms with Crippen LogP contribution < -0.4 is 0 Å². The third kappa shape index (κ3) is 21.8. The molecule has 0 spiro atoms. The summed E-state index contributed by atoms with van der Waals surface area (Å²) < 4.78 is 26.6. The molecule has 8 heteroatoms. The van der Waals surface area contributed by atoms with Crippen molar-refractivity contribution in [2.45, 2.75) is 235 Å². The minimum atomic E-state index is -1.16. The summed E-state index contributed by atoms with van der Waals surface area (Å²) in [5.74, 6) is -1.03. The molecule has 0 saturated heterocycles. The highest BCUT2D eigenvalue weighted by Gasteiger charge is 2.60. The number of carbonyl (C=O) groups excluding carboxylic acids is 4. The molecule has 4 aromatic rings. The Morgan fingerprint density at radius 2 is 0.469 bits per heavy atom.